The molecule has 1 amide bonds. The number of hydrogen-bond acceptors (Lipinski definition) is 8. The van der Waals surface area contributed by atoms with E-state index >= 15 is 0 Å². The van der Waals surface area contributed by atoms with Gasteiger partial charge < -0.3 is 10.1 Å². The van der Waals surface area contributed by atoms with E-state index in [1.54, 1.807) is 39.1 Å². The Balaban J connectivity index is 1.66. The Labute approximate surface area is 204 Å². The number of amides is 1. The molecular formula is C22H20Cl2N6O2S. The van der Waals surface area contributed by atoms with Crippen LogP contribution in [0.4, 0.5) is 22.1 Å². The fourth-order valence-electron chi connectivity index (χ4n) is 2.97. The first kappa shape index (κ1) is 23.2. The van der Waals surface area contributed by atoms with E-state index in [-0.39, 0.29) is 0 Å². The van der Waals surface area contributed by atoms with Crippen LogP contribution >= 0.6 is 34.5 Å². The molecule has 3 aromatic heterocycles. The summed E-state index contributed by atoms with van der Waals surface area (Å²) in [5.41, 5.74) is 1.94. The van der Waals surface area contributed by atoms with Crippen molar-refractivity contribution >= 4 is 68.2 Å². The number of anilines is 3. The van der Waals surface area contributed by atoms with Crippen LogP contribution in [0.2, 0.25) is 10.0 Å². The Morgan fingerprint density at radius 2 is 1.82 bits per heavy atom. The van der Waals surface area contributed by atoms with E-state index in [0.717, 1.165) is 15.9 Å². The number of carbonyl (C=O) groups excluding carboxylic acids is 1. The van der Waals surface area contributed by atoms with E-state index in [1.165, 1.54) is 17.7 Å². The van der Waals surface area contributed by atoms with E-state index in [4.69, 9.17) is 27.9 Å². The molecule has 0 saturated carbocycles. The molecule has 0 radical (unpaired) electrons. The zero-order valence-electron chi connectivity index (χ0n) is 18.2. The lowest BCUT2D eigenvalue weighted by atomic mass is 10.2. The van der Waals surface area contributed by atoms with Crippen molar-refractivity contribution in [2.24, 2.45) is 0 Å². The van der Waals surface area contributed by atoms with Crippen LogP contribution < -0.4 is 10.6 Å². The van der Waals surface area contributed by atoms with Crippen molar-refractivity contribution in [1.82, 2.24) is 19.9 Å². The van der Waals surface area contributed by atoms with Crippen molar-refractivity contribution in [1.29, 1.82) is 0 Å². The van der Waals surface area contributed by atoms with E-state index in [0.29, 0.717) is 37.9 Å². The molecule has 0 atom stereocenters. The summed E-state index contributed by atoms with van der Waals surface area (Å²) < 4.78 is 6.10. The van der Waals surface area contributed by atoms with Crippen LogP contribution in [0.25, 0.3) is 20.8 Å². The number of aromatic nitrogens is 4. The largest absolute Gasteiger partial charge is 0.444 e. The molecule has 4 rings (SSSR count). The molecule has 0 saturated heterocycles. The van der Waals surface area contributed by atoms with Crippen LogP contribution in [-0.4, -0.2) is 31.6 Å². The standard InChI is InChI=1S/C22H20Cl2N6O2S/c1-11-7-16(27-10-26-11)30-19-18-15(5-6-25-19)29-20(33-18)17-13(23)8-12(9-14(17)24)28-21(31)32-22(2,3)4/h5-10H,1-4H3,(H,28,31)(H,25,26,27,30). The Morgan fingerprint density at radius 3 is 2.48 bits per heavy atom. The molecule has 8 nitrogen and oxygen atoms in total. The van der Waals surface area contributed by atoms with E-state index in [2.05, 4.69) is 30.6 Å². The second kappa shape index (κ2) is 9.09. The average Bonchev–Trinajstić information content (AvgIpc) is 3.10. The van der Waals surface area contributed by atoms with E-state index in [1.807, 2.05) is 19.1 Å². The zero-order chi connectivity index (χ0) is 23.8. The molecule has 0 aliphatic rings. The van der Waals surface area contributed by atoms with Gasteiger partial charge in [-0.05, 0) is 45.9 Å². The lowest BCUT2D eigenvalue weighted by Crippen LogP contribution is -2.27. The van der Waals surface area contributed by atoms with Gasteiger partial charge in [-0.25, -0.2) is 24.7 Å². The number of rotatable bonds is 4. The highest BCUT2D eigenvalue weighted by atomic mass is 35.5. The molecule has 0 aliphatic carbocycles. The number of carbonyl (C=O) groups is 1. The lowest BCUT2D eigenvalue weighted by molar-refractivity contribution is 0.0636. The number of nitrogens with zero attached hydrogens (tertiary/aromatic N) is 4. The Morgan fingerprint density at radius 1 is 1.09 bits per heavy atom. The second-order valence-electron chi connectivity index (χ2n) is 8.14. The highest BCUT2D eigenvalue weighted by molar-refractivity contribution is 7.22. The summed E-state index contributed by atoms with van der Waals surface area (Å²) in [5.74, 6) is 1.25. The van der Waals surface area contributed by atoms with Gasteiger partial charge in [0.05, 0.1) is 20.3 Å². The molecule has 0 spiro atoms. The molecule has 33 heavy (non-hydrogen) atoms. The Bertz CT molecular complexity index is 1330. The van der Waals surface area contributed by atoms with E-state index < -0.39 is 11.7 Å². The summed E-state index contributed by atoms with van der Waals surface area (Å²) >= 11 is 14.5. The zero-order valence-corrected chi connectivity index (χ0v) is 20.6. The molecule has 0 bridgehead atoms. The summed E-state index contributed by atoms with van der Waals surface area (Å²) in [6.45, 7) is 7.24. The quantitative estimate of drug-likeness (QED) is 0.314. The maximum Gasteiger partial charge on any atom is 0.412 e. The topological polar surface area (TPSA) is 102 Å². The second-order valence-corrected chi connectivity index (χ2v) is 9.95. The first-order valence-electron chi connectivity index (χ1n) is 9.90. The number of nitrogens with one attached hydrogen (secondary N) is 2. The molecule has 1 aromatic carbocycles. The monoisotopic (exact) mass is 502 g/mol. The number of aryl methyl sites for hydroxylation is 1. The van der Waals surface area contributed by atoms with Crippen LogP contribution in [0.3, 0.4) is 0 Å². The fraction of sp³-hybridized carbons (Fsp3) is 0.227. The van der Waals surface area contributed by atoms with Gasteiger partial charge in [-0.1, -0.05) is 23.2 Å². The van der Waals surface area contributed by atoms with Crippen LogP contribution in [0.5, 0.6) is 0 Å². The van der Waals surface area contributed by atoms with Crippen molar-refractivity contribution in [2.75, 3.05) is 10.6 Å². The van der Waals surface area contributed by atoms with Gasteiger partial charge in [0, 0.05) is 29.2 Å². The first-order valence-corrected chi connectivity index (χ1v) is 11.5. The lowest BCUT2D eigenvalue weighted by Gasteiger charge is -2.20. The number of hydrogen-bond donors (Lipinski definition) is 2. The van der Waals surface area contributed by atoms with E-state index in [9.17, 15) is 4.79 Å². The third kappa shape index (κ3) is 5.50. The summed E-state index contributed by atoms with van der Waals surface area (Å²) in [4.78, 5) is 29.5. The summed E-state index contributed by atoms with van der Waals surface area (Å²) in [6, 6.07) is 6.86. The molecule has 11 heteroatoms. The van der Waals surface area contributed by atoms with Crippen LogP contribution in [0.1, 0.15) is 26.5 Å². The van der Waals surface area contributed by atoms with Crippen molar-refractivity contribution in [3.63, 3.8) is 0 Å². The van der Waals surface area contributed by atoms with Crippen molar-refractivity contribution in [3.05, 3.63) is 52.5 Å². The van der Waals surface area contributed by atoms with Gasteiger partial charge in [0.2, 0.25) is 0 Å². The van der Waals surface area contributed by atoms with Crippen LogP contribution in [-0.2, 0) is 4.74 Å². The SMILES string of the molecule is Cc1cc(Nc2nccc3nc(-c4c(Cl)cc(NC(=O)OC(C)(C)C)cc4Cl)sc23)ncn1. The molecule has 4 aromatic rings. The van der Waals surface area contributed by atoms with Crippen molar-refractivity contribution in [3.8, 4) is 10.6 Å². The molecular weight excluding hydrogens is 483 g/mol. The number of ether oxygens (including phenoxy) is 1. The Hall–Kier alpha value is -3.01. The highest BCUT2D eigenvalue weighted by Crippen LogP contribution is 2.42. The third-order valence-corrected chi connectivity index (χ3v) is 5.95. The Kier molecular flexibility index (Phi) is 6.38. The molecule has 0 unspecified atom stereocenters. The van der Waals surface area contributed by atoms with Gasteiger partial charge >= 0.3 is 6.09 Å². The maximum atomic E-state index is 12.1. The van der Waals surface area contributed by atoms with Crippen LogP contribution in [0, 0.1) is 6.92 Å². The molecule has 0 fully saturated rings. The van der Waals surface area contributed by atoms with Gasteiger partial charge in [-0.2, -0.15) is 0 Å². The molecule has 170 valence electrons. The predicted molar refractivity (Wildman–Crippen MR) is 133 cm³/mol. The summed E-state index contributed by atoms with van der Waals surface area (Å²) in [5, 5.41) is 7.18. The van der Waals surface area contributed by atoms with Gasteiger partial charge in [-0.3, -0.25) is 5.32 Å². The van der Waals surface area contributed by atoms with Gasteiger partial charge in [0.15, 0.2) is 5.82 Å². The van der Waals surface area contributed by atoms with Crippen molar-refractivity contribution in [2.45, 2.75) is 33.3 Å². The van der Waals surface area contributed by atoms with Gasteiger partial charge in [0.25, 0.3) is 0 Å². The number of pyridine rings is 1. The minimum atomic E-state index is -0.622. The number of fused-ring (bicyclic) bond motifs is 1. The average molecular weight is 503 g/mol. The fourth-order valence-corrected chi connectivity index (χ4v) is 4.82. The third-order valence-electron chi connectivity index (χ3n) is 4.26. The summed E-state index contributed by atoms with van der Waals surface area (Å²) in [6.07, 6.45) is 2.56. The van der Waals surface area contributed by atoms with Crippen LogP contribution in [0.15, 0.2) is 36.8 Å². The molecule has 2 N–H and O–H groups in total. The smallest absolute Gasteiger partial charge is 0.412 e. The normalized spacial score (nSPS) is 11.5. The minimum absolute atomic E-state index is 0.349. The maximum absolute atomic E-state index is 12.1. The van der Waals surface area contributed by atoms with Gasteiger partial charge in [-0.15, -0.1) is 11.3 Å². The first-order chi connectivity index (χ1) is 15.6. The minimum Gasteiger partial charge on any atom is -0.444 e. The number of halogens is 2. The highest BCUT2D eigenvalue weighted by Gasteiger charge is 2.20. The number of thiazole rings is 1. The molecule has 3 heterocycles. The van der Waals surface area contributed by atoms with Gasteiger partial charge in [0.1, 0.15) is 22.8 Å². The molecule has 0 aliphatic heterocycles. The predicted octanol–water partition coefficient (Wildman–Crippen LogP) is 6.85. The number of benzene rings is 1. The van der Waals surface area contributed by atoms with Crippen molar-refractivity contribution < 1.29 is 9.53 Å². The summed E-state index contributed by atoms with van der Waals surface area (Å²) in [7, 11) is 0.